The molecule has 1 rings (SSSR count). The minimum absolute atomic E-state index is 0.847. The number of nitrogens with one attached hydrogen (secondary N) is 1. The molecule has 17 heavy (non-hydrogen) atoms. The molecule has 0 heterocycles. The molecular formula is C15H32N2. The maximum absolute atomic E-state index is 3.59. The van der Waals surface area contributed by atoms with Crippen molar-refractivity contribution in [2.45, 2.75) is 59.4 Å². The lowest BCUT2D eigenvalue weighted by molar-refractivity contribution is 0.0547. The summed E-state index contributed by atoms with van der Waals surface area (Å²) in [6, 6.07) is 0.860. The van der Waals surface area contributed by atoms with Gasteiger partial charge in [-0.1, -0.05) is 34.1 Å². The van der Waals surface area contributed by atoms with Crippen molar-refractivity contribution in [1.82, 2.24) is 10.2 Å². The van der Waals surface area contributed by atoms with E-state index >= 15 is 0 Å². The molecule has 0 aromatic carbocycles. The van der Waals surface area contributed by atoms with Crippen LogP contribution in [0.4, 0.5) is 0 Å². The Morgan fingerprint density at radius 3 is 2.47 bits per heavy atom. The Kier molecular flexibility index (Phi) is 7.14. The van der Waals surface area contributed by atoms with E-state index in [0.717, 1.165) is 17.9 Å². The van der Waals surface area contributed by atoms with Crippen molar-refractivity contribution < 1.29 is 0 Å². The molecule has 2 heteroatoms. The Morgan fingerprint density at radius 1 is 1.24 bits per heavy atom. The second-order valence-electron chi connectivity index (χ2n) is 5.71. The smallest absolute Gasteiger partial charge is 0.0136 e. The van der Waals surface area contributed by atoms with E-state index in [-0.39, 0.29) is 0 Å². The fourth-order valence-electron chi connectivity index (χ4n) is 2.76. The molecule has 0 aliphatic heterocycles. The predicted molar refractivity (Wildman–Crippen MR) is 76.4 cm³/mol. The third kappa shape index (κ3) is 4.59. The lowest BCUT2D eigenvalue weighted by atomic mass is 9.78. The summed E-state index contributed by atoms with van der Waals surface area (Å²) in [7, 11) is 0. The molecule has 0 amide bonds. The molecule has 0 aromatic heterocycles. The normalized spacial score (nSPS) is 25.9. The maximum Gasteiger partial charge on any atom is 0.0136 e. The Labute approximate surface area is 108 Å². The molecule has 2 nitrogen and oxygen atoms in total. The van der Waals surface area contributed by atoms with Gasteiger partial charge in [-0.25, -0.2) is 0 Å². The van der Waals surface area contributed by atoms with Crippen LogP contribution in [0.2, 0.25) is 0 Å². The van der Waals surface area contributed by atoms with Crippen molar-refractivity contribution in [3.63, 3.8) is 0 Å². The fraction of sp³-hybridized carbons (Fsp3) is 1.00. The van der Waals surface area contributed by atoms with Crippen molar-refractivity contribution in [2.75, 3.05) is 26.2 Å². The first-order valence-electron chi connectivity index (χ1n) is 7.67. The van der Waals surface area contributed by atoms with Gasteiger partial charge in [-0.3, -0.25) is 0 Å². The van der Waals surface area contributed by atoms with Crippen LogP contribution < -0.4 is 5.32 Å². The largest absolute Gasteiger partial charge is 0.316 e. The van der Waals surface area contributed by atoms with Gasteiger partial charge in [-0.15, -0.1) is 0 Å². The molecule has 0 saturated heterocycles. The van der Waals surface area contributed by atoms with Crippen LogP contribution in [0.1, 0.15) is 53.4 Å². The van der Waals surface area contributed by atoms with Gasteiger partial charge < -0.3 is 10.2 Å². The summed E-state index contributed by atoms with van der Waals surface area (Å²) in [4.78, 5) is 2.72. The van der Waals surface area contributed by atoms with Crippen molar-refractivity contribution >= 4 is 0 Å². The van der Waals surface area contributed by atoms with Gasteiger partial charge in [0.1, 0.15) is 0 Å². The predicted octanol–water partition coefficient (Wildman–Crippen LogP) is 3.13. The second-order valence-corrected chi connectivity index (χ2v) is 5.71. The van der Waals surface area contributed by atoms with E-state index in [1.54, 1.807) is 0 Å². The van der Waals surface area contributed by atoms with Gasteiger partial charge in [0.25, 0.3) is 0 Å². The average Bonchev–Trinajstić information content (AvgIpc) is 2.31. The molecule has 0 bridgehead atoms. The fourth-order valence-corrected chi connectivity index (χ4v) is 2.76. The first kappa shape index (κ1) is 15.0. The van der Waals surface area contributed by atoms with Gasteiger partial charge in [-0.05, 0) is 50.7 Å². The van der Waals surface area contributed by atoms with E-state index in [1.165, 1.54) is 51.9 Å². The molecule has 0 spiro atoms. The first-order chi connectivity index (χ1) is 8.22. The van der Waals surface area contributed by atoms with Gasteiger partial charge in [0.2, 0.25) is 0 Å². The Morgan fingerprint density at radius 2 is 2.00 bits per heavy atom. The van der Waals surface area contributed by atoms with E-state index in [2.05, 4.69) is 37.9 Å². The zero-order valence-corrected chi connectivity index (χ0v) is 12.3. The molecule has 1 aliphatic rings. The second kappa shape index (κ2) is 8.10. The zero-order chi connectivity index (χ0) is 12.7. The highest BCUT2D eigenvalue weighted by atomic mass is 15.2. The van der Waals surface area contributed by atoms with E-state index in [4.69, 9.17) is 0 Å². The van der Waals surface area contributed by atoms with Gasteiger partial charge in [0, 0.05) is 12.6 Å². The SMILES string of the molecule is CCCNCC1CCC1N(CC)CC(C)CC. The van der Waals surface area contributed by atoms with Gasteiger partial charge in [0.15, 0.2) is 0 Å². The summed E-state index contributed by atoms with van der Waals surface area (Å²) < 4.78 is 0. The van der Waals surface area contributed by atoms with Crippen LogP contribution in [0.5, 0.6) is 0 Å². The van der Waals surface area contributed by atoms with Crippen LogP contribution in [0.25, 0.3) is 0 Å². The highest BCUT2D eigenvalue weighted by Crippen LogP contribution is 2.32. The summed E-state index contributed by atoms with van der Waals surface area (Å²) in [6.07, 6.45) is 5.41. The highest BCUT2D eigenvalue weighted by molar-refractivity contribution is 4.90. The van der Waals surface area contributed by atoms with E-state index in [1.807, 2.05) is 0 Å². The number of nitrogens with zero attached hydrogens (tertiary/aromatic N) is 1. The monoisotopic (exact) mass is 240 g/mol. The van der Waals surface area contributed by atoms with Gasteiger partial charge >= 0.3 is 0 Å². The molecule has 1 fully saturated rings. The van der Waals surface area contributed by atoms with Crippen LogP contribution >= 0.6 is 0 Å². The molecule has 0 aromatic rings. The minimum atomic E-state index is 0.847. The van der Waals surface area contributed by atoms with Crippen LogP contribution in [-0.2, 0) is 0 Å². The number of hydrogen-bond acceptors (Lipinski definition) is 2. The molecule has 0 radical (unpaired) electrons. The summed E-state index contributed by atoms with van der Waals surface area (Å²) >= 11 is 0. The molecule has 102 valence electrons. The lowest BCUT2D eigenvalue weighted by Crippen LogP contribution is -2.51. The molecule has 1 N–H and O–H groups in total. The molecular weight excluding hydrogens is 208 g/mol. The van der Waals surface area contributed by atoms with Crippen molar-refractivity contribution in [2.24, 2.45) is 11.8 Å². The quantitative estimate of drug-likeness (QED) is 0.623. The van der Waals surface area contributed by atoms with Crippen LogP contribution in [0.3, 0.4) is 0 Å². The van der Waals surface area contributed by atoms with Crippen molar-refractivity contribution in [3.8, 4) is 0 Å². The summed E-state index contributed by atoms with van der Waals surface area (Å²) in [5, 5.41) is 3.59. The molecule has 3 unspecified atom stereocenters. The third-order valence-corrected chi connectivity index (χ3v) is 4.33. The number of rotatable bonds is 9. The van der Waals surface area contributed by atoms with E-state index in [0.29, 0.717) is 0 Å². The molecule has 3 atom stereocenters. The minimum Gasteiger partial charge on any atom is -0.316 e. The Balaban J connectivity index is 2.30. The van der Waals surface area contributed by atoms with Crippen molar-refractivity contribution in [3.05, 3.63) is 0 Å². The zero-order valence-electron chi connectivity index (χ0n) is 12.3. The Hall–Kier alpha value is -0.0800. The van der Waals surface area contributed by atoms with E-state index < -0.39 is 0 Å². The maximum atomic E-state index is 3.59. The lowest BCUT2D eigenvalue weighted by Gasteiger charge is -2.45. The summed E-state index contributed by atoms with van der Waals surface area (Å²) in [6.45, 7) is 14.2. The van der Waals surface area contributed by atoms with Crippen molar-refractivity contribution in [1.29, 1.82) is 0 Å². The average molecular weight is 240 g/mol. The summed E-state index contributed by atoms with van der Waals surface area (Å²) in [5.41, 5.74) is 0. The Bertz CT molecular complexity index is 193. The van der Waals surface area contributed by atoms with E-state index in [9.17, 15) is 0 Å². The molecule has 1 saturated carbocycles. The van der Waals surface area contributed by atoms with Crippen LogP contribution in [-0.4, -0.2) is 37.1 Å². The van der Waals surface area contributed by atoms with Crippen LogP contribution in [0.15, 0.2) is 0 Å². The van der Waals surface area contributed by atoms with Gasteiger partial charge in [0.05, 0.1) is 0 Å². The number of hydrogen-bond donors (Lipinski definition) is 1. The topological polar surface area (TPSA) is 15.3 Å². The highest BCUT2D eigenvalue weighted by Gasteiger charge is 2.34. The summed E-state index contributed by atoms with van der Waals surface area (Å²) in [5.74, 6) is 1.75. The van der Waals surface area contributed by atoms with Gasteiger partial charge in [-0.2, -0.15) is 0 Å². The third-order valence-electron chi connectivity index (χ3n) is 4.33. The molecule has 1 aliphatic carbocycles. The first-order valence-corrected chi connectivity index (χ1v) is 7.67. The standard InChI is InChI=1S/C15H32N2/c1-5-10-16-11-14-8-9-15(14)17(7-3)12-13(4)6-2/h13-16H,5-12H2,1-4H3. The van der Waals surface area contributed by atoms with Crippen LogP contribution in [0, 0.1) is 11.8 Å².